The second-order valence-corrected chi connectivity index (χ2v) is 8.03. The molecule has 0 bridgehead atoms. The normalized spacial score (nSPS) is 12.9. The molecule has 1 atom stereocenters. The van der Waals surface area contributed by atoms with E-state index in [1.54, 1.807) is 0 Å². The van der Waals surface area contributed by atoms with Crippen molar-refractivity contribution in [1.29, 1.82) is 0 Å². The van der Waals surface area contributed by atoms with Gasteiger partial charge >= 0.3 is 0 Å². The summed E-state index contributed by atoms with van der Waals surface area (Å²) in [7, 11) is 1.93. The molecule has 1 unspecified atom stereocenters. The van der Waals surface area contributed by atoms with Crippen molar-refractivity contribution in [2.75, 3.05) is 0 Å². The predicted octanol–water partition coefficient (Wildman–Crippen LogP) is 3.58. The summed E-state index contributed by atoms with van der Waals surface area (Å²) in [5.74, 6) is 0.825. The lowest BCUT2D eigenvalue weighted by molar-refractivity contribution is -0.121. The third-order valence-corrected chi connectivity index (χ3v) is 5.28. The standard InChI is InChI=1S/C18H26N4OS/c1-7-18(4,5)19-16(23)13(3)24-17-21-20-15(22(17)6)14-10-8-12(2)9-11-14/h8-11,13H,7H2,1-6H3,(H,19,23). The number of carbonyl (C=O) groups is 1. The molecule has 1 N–H and O–H groups in total. The molecule has 24 heavy (non-hydrogen) atoms. The van der Waals surface area contributed by atoms with E-state index in [1.165, 1.54) is 17.3 Å². The zero-order valence-corrected chi connectivity index (χ0v) is 16.1. The Balaban J connectivity index is 2.11. The topological polar surface area (TPSA) is 59.8 Å². The van der Waals surface area contributed by atoms with E-state index >= 15 is 0 Å². The molecule has 0 fully saturated rings. The molecule has 0 aliphatic carbocycles. The fourth-order valence-electron chi connectivity index (χ4n) is 2.11. The predicted molar refractivity (Wildman–Crippen MR) is 99.0 cm³/mol. The van der Waals surface area contributed by atoms with Gasteiger partial charge in [0.05, 0.1) is 5.25 Å². The van der Waals surface area contributed by atoms with Crippen LogP contribution < -0.4 is 5.32 Å². The van der Waals surface area contributed by atoms with E-state index in [9.17, 15) is 4.79 Å². The van der Waals surface area contributed by atoms with Crippen LogP contribution in [0.2, 0.25) is 0 Å². The van der Waals surface area contributed by atoms with Gasteiger partial charge in [0.25, 0.3) is 0 Å². The van der Waals surface area contributed by atoms with Crippen LogP contribution in [-0.2, 0) is 11.8 Å². The highest BCUT2D eigenvalue weighted by Gasteiger charge is 2.24. The van der Waals surface area contributed by atoms with Gasteiger partial charge in [0.15, 0.2) is 11.0 Å². The Morgan fingerprint density at radius 1 is 1.29 bits per heavy atom. The largest absolute Gasteiger partial charge is 0.350 e. The lowest BCUT2D eigenvalue weighted by atomic mass is 10.0. The van der Waals surface area contributed by atoms with Gasteiger partial charge in [0.1, 0.15) is 0 Å². The first-order valence-electron chi connectivity index (χ1n) is 8.18. The van der Waals surface area contributed by atoms with E-state index in [0.29, 0.717) is 0 Å². The van der Waals surface area contributed by atoms with Crippen molar-refractivity contribution < 1.29 is 4.79 Å². The number of benzene rings is 1. The number of hydrogen-bond acceptors (Lipinski definition) is 4. The maximum atomic E-state index is 12.4. The smallest absolute Gasteiger partial charge is 0.233 e. The molecular formula is C18H26N4OS. The summed E-state index contributed by atoms with van der Waals surface area (Å²) < 4.78 is 1.93. The molecule has 0 saturated carbocycles. The molecule has 1 aromatic heterocycles. The second-order valence-electron chi connectivity index (χ2n) is 6.72. The van der Waals surface area contributed by atoms with Gasteiger partial charge in [-0.15, -0.1) is 10.2 Å². The Bertz CT molecular complexity index is 706. The number of rotatable bonds is 6. The average molecular weight is 347 g/mol. The number of amides is 1. The maximum Gasteiger partial charge on any atom is 0.233 e. The molecule has 2 rings (SSSR count). The van der Waals surface area contributed by atoms with Gasteiger partial charge in [-0.3, -0.25) is 4.79 Å². The van der Waals surface area contributed by atoms with E-state index in [4.69, 9.17) is 0 Å². The molecule has 6 heteroatoms. The highest BCUT2D eigenvalue weighted by atomic mass is 32.2. The zero-order chi connectivity index (χ0) is 17.9. The minimum absolute atomic E-state index is 0.0201. The van der Waals surface area contributed by atoms with Crippen molar-refractivity contribution in [2.45, 2.75) is 57.0 Å². The summed E-state index contributed by atoms with van der Waals surface area (Å²) >= 11 is 1.43. The Labute approximate surface area is 148 Å². The minimum atomic E-state index is -0.232. The molecule has 0 aliphatic rings. The number of carbonyl (C=O) groups excluding carboxylic acids is 1. The van der Waals surface area contributed by atoms with Crippen molar-refractivity contribution in [3.05, 3.63) is 29.8 Å². The minimum Gasteiger partial charge on any atom is -0.350 e. The van der Waals surface area contributed by atoms with Crippen LogP contribution in [0.4, 0.5) is 0 Å². The van der Waals surface area contributed by atoms with E-state index in [-0.39, 0.29) is 16.7 Å². The van der Waals surface area contributed by atoms with E-state index in [1.807, 2.05) is 44.5 Å². The highest BCUT2D eigenvalue weighted by Crippen LogP contribution is 2.26. The molecule has 0 radical (unpaired) electrons. The molecule has 5 nitrogen and oxygen atoms in total. The van der Waals surface area contributed by atoms with Crippen molar-refractivity contribution >= 4 is 17.7 Å². The summed E-state index contributed by atoms with van der Waals surface area (Å²) in [6.45, 7) is 10.1. The molecule has 2 aromatic rings. The van der Waals surface area contributed by atoms with Gasteiger partial charge in [-0.1, -0.05) is 48.5 Å². The summed E-state index contributed by atoms with van der Waals surface area (Å²) in [4.78, 5) is 12.4. The van der Waals surface area contributed by atoms with Gasteiger partial charge in [0.2, 0.25) is 5.91 Å². The highest BCUT2D eigenvalue weighted by molar-refractivity contribution is 8.00. The van der Waals surface area contributed by atoms with E-state index in [2.05, 4.69) is 41.5 Å². The first kappa shape index (κ1) is 18.5. The zero-order valence-electron chi connectivity index (χ0n) is 15.3. The molecule has 130 valence electrons. The molecule has 1 amide bonds. The Morgan fingerprint density at radius 2 is 1.92 bits per heavy atom. The van der Waals surface area contributed by atoms with Crippen molar-refractivity contribution in [1.82, 2.24) is 20.1 Å². The van der Waals surface area contributed by atoms with Crippen LogP contribution in [0.15, 0.2) is 29.4 Å². The van der Waals surface area contributed by atoms with Crippen LogP contribution in [0.1, 0.15) is 39.7 Å². The summed E-state index contributed by atoms with van der Waals surface area (Å²) in [5, 5.41) is 12.1. The maximum absolute atomic E-state index is 12.4. The Morgan fingerprint density at radius 3 is 2.50 bits per heavy atom. The third kappa shape index (κ3) is 4.38. The van der Waals surface area contributed by atoms with Gasteiger partial charge in [-0.25, -0.2) is 0 Å². The van der Waals surface area contributed by atoms with Crippen molar-refractivity contribution in [3.8, 4) is 11.4 Å². The Hall–Kier alpha value is -1.82. The van der Waals surface area contributed by atoms with Gasteiger partial charge < -0.3 is 9.88 Å². The first-order valence-corrected chi connectivity index (χ1v) is 9.06. The number of nitrogens with zero attached hydrogens (tertiary/aromatic N) is 3. The summed E-state index contributed by atoms with van der Waals surface area (Å²) in [6, 6.07) is 8.18. The van der Waals surface area contributed by atoms with Crippen LogP contribution >= 0.6 is 11.8 Å². The lowest BCUT2D eigenvalue weighted by Crippen LogP contribution is -2.46. The van der Waals surface area contributed by atoms with Crippen molar-refractivity contribution in [2.24, 2.45) is 7.05 Å². The number of thioether (sulfide) groups is 1. The SMILES string of the molecule is CCC(C)(C)NC(=O)C(C)Sc1nnc(-c2ccc(C)cc2)n1C. The molecule has 0 saturated heterocycles. The van der Waals surface area contributed by atoms with Gasteiger partial charge in [-0.05, 0) is 34.1 Å². The van der Waals surface area contributed by atoms with E-state index < -0.39 is 0 Å². The van der Waals surface area contributed by atoms with Gasteiger partial charge in [0, 0.05) is 18.2 Å². The van der Waals surface area contributed by atoms with E-state index in [0.717, 1.165) is 23.0 Å². The van der Waals surface area contributed by atoms with Crippen molar-refractivity contribution in [3.63, 3.8) is 0 Å². The molecule has 1 heterocycles. The summed E-state index contributed by atoms with van der Waals surface area (Å²) in [6.07, 6.45) is 0.887. The van der Waals surface area contributed by atoms with Crippen LogP contribution in [0.25, 0.3) is 11.4 Å². The van der Waals surface area contributed by atoms with Crippen LogP contribution in [-0.4, -0.2) is 31.5 Å². The fraction of sp³-hybridized carbons (Fsp3) is 0.500. The average Bonchev–Trinajstić information content (AvgIpc) is 2.89. The third-order valence-electron chi connectivity index (χ3n) is 4.14. The van der Waals surface area contributed by atoms with Crippen LogP contribution in [0, 0.1) is 6.92 Å². The molecule has 1 aromatic carbocycles. The quantitative estimate of drug-likeness (QED) is 0.812. The summed E-state index contributed by atoms with van der Waals surface area (Å²) in [5.41, 5.74) is 2.03. The Kier molecular flexibility index (Phi) is 5.70. The van der Waals surface area contributed by atoms with Crippen LogP contribution in [0.5, 0.6) is 0 Å². The van der Waals surface area contributed by atoms with Crippen LogP contribution in [0.3, 0.4) is 0 Å². The number of hydrogen-bond donors (Lipinski definition) is 1. The number of aryl methyl sites for hydroxylation is 1. The number of nitrogens with one attached hydrogen (secondary N) is 1. The second kappa shape index (κ2) is 7.38. The molecular weight excluding hydrogens is 320 g/mol. The molecule has 0 spiro atoms. The monoisotopic (exact) mass is 346 g/mol. The van der Waals surface area contributed by atoms with Gasteiger partial charge in [-0.2, -0.15) is 0 Å². The molecule has 0 aliphatic heterocycles. The first-order chi connectivity index (χ1) is 11.2. The lowest BCUT2D eigenvalue weighted by Gasteiger charge is -2.26. The fourth-order valence-corrected chi connectivity index (χ4v) is 2.92. The number of aromatic nitrogens is 3.